The molecule has 8 nitrogen and oxygen atoms in total. The van der Waals surface area contributed by atoms with Crippen LogP contribution in [-0.2, 0) is 4.79 Å². The monoisotopic (exact) mass is 423 g/mol. The number of aromatic amines is 2. The minimum absolute atomic E-state index is 0.0214. The van der Waals surface area contributed by atoms with Crippen molar-refractivity contribution in [3.05, 3.63) is 92.1 Å². The predicted octanol–water partition coefficient (Wildman–Crippen LogP) is 2.57. The smallest absolute Gasteiger partial charge is 0.271 e. The summed E-state index contributed by atoms with van der Waals surface area (Å²) in [6.07, 6.45) is 1.56. The Balaban J connectivity index is 1.76. The molecule has 1 unspecified atom stereocenters. The molecule has 30 heavy (non-hydrogen) atoms. The first-order valence-electron chi connectivity index (χ1n) is 9.27. The number of H-pyrrole nitrogens is 2. The molecule has 0 aliphatic carbocycles. The zero-order chi connectivity index (χ0) is 21.5. The number of hydrazone groups is 1. The molecule has 1 amide bonds. The first-order valence-corrected chi connectivity index (χ1v) is 10.2. The molecule has 3 N–H and O–H groups in total. The highest BCUT2D eigenvalue weighted by Gasteiger charge is 2.24. The first-order chi connectivity index (χ1) is 14.4. The molecule has 0 bridgehead atoms. The molecule has 0 spiro atoms. The van der Waals surface area contributed by atoms with E-state index in [2.05, 4.69) is 39.6 Å². The second-order valence-electron chi connectivity index (χ2n) is 6.78. The van der Waals surface area contributed by atoms with Crippen LogP contribution in [0.2, 0.25) is 0 Å². The number of rotatable bonds is 7. The molecular formula is C21H21N5O3S. The topological polar surface area (TPSA) is 120 Å². The van der Waals surface area contributed by atoms with Crippen molar-refractivity contribution in [1.29, 1.82) is 0 Å². The van der Waals surface area contributed by atoms with Crippen LogP contribution in [-0.4, -0.2) is 27.3 Å². The molecule has 154 valence electrons. The van der Waals surface area contributed by atoms with Crippen molar-refractivity contribution in [2.45, 2.75) is 30.0 Å². The molecule has 3 aromatic rings. The standard InChI is InChI=1S/C21H21N5O3S/c1-13(2)15-10-8-14(9-11-15)12-22-24-18(27)17(16-6-4-3-5-7-16)30-20-19(28)23-21(29)26-25-20/h3-13,17H,1-2H3,(H,24,27)(H2,23,26,28,29)/b22-12-. The van der Waals surface area contributed by atoms with Gasteiger partial charge >= 0.3 is 5.69 Å². The van der Waals surface area contributed by atoms with Gasteiger partial charge in [-0.25, -0.2) is 15.3 Å². The van der Waals surface area contributed by atoms with Crippen LogP contribution in [0, 0.1) is 0 Å². The highest BCUT2D eigenvalue weighted by atomic mass is 32.2. The Bertz CT molecular complexity index is 1140. The number of nitrogens with zero attached hydrogens (tertiary/aromatic N) is 2. The fourth-order valence-corrected chi connectivity index (χ4v) is 3.56. The van der Waals surface area contributed by atoms with Gasteiger partial charge in [-0.3, -0.25) is 14.6 Å². The molecule has 3 rings (SSSR count). The number of aromatic nitrogens is 3. The lowest BCUT2D eigenvalue weighted by molar-refractivity contribution is -0.120. The van der Waals surface area contributed by atoms with Crippen molar-refractivity contribution in [3.63, 3.8) is 0 Å². The predicted molar refractivity (Wildman–Crippen MR) is 117 cm³/mol. The highest BCUT2D eigenvalue weighted by molar-refractivity contribution is 8.00. The summed E-state index contributed by atoms with van der Waals surface area (Å²) in [5.74, 6) is 0.0117. The van der Waals surface area contributed by atoms with Crippen LogP contribution < -0.4 is 16.7 Å². The Hall–Kier alpha value is -3.46. The van der Waals surface area contributed by atoms with Crippen molar-refractivity contribution >= 4 is 23.9 Å². The Morgan fingerprint density at radius 1 is 1.07 bits per heavy atom. The molecule has 1 aromatic heterocycles. The highest BCUT2D eigenvalue weighted by Crippen LogP contribution is 2.32. The molecule has 1 atom stereocenters. The van der Waals surface area contributed by atoms with E-state index in [1.165, 1.54) is 5.56 Å². The second kappa shape index (κ2) is 9.84. The number of hydrogen-bond donors (Lipinski definition) is 3. The lowest BCUT2D eigenvalue weighted by atomic mass is 10.0. The van der Waals surface area contributed by atoms with Gasteiger partial charge in [-0.1, -0.05) is 80.2 Å². The molecule has 2 aromatic carbocycles. The van der Waals surface area contributed by atoms with Crippen molar-refractivity contribution < 1.29 is 4.79 Å². The molecule has 0 saturated heterocycles. The van der Waals surface area contributed by atoms with Gasteiger partial charge in [0.1, 0.15) is 5.25 Å². The number of carbonyl (C=O) groups is 1. The van der Waals surface area contributed by atoms with E-state index in [-0.39, 0.29) is 5.03 Å². The van der Waals surface area contributed by atoms with E-state index in [4.69, 9.17) is 0 Å². The minimum atomic E-state index is -0.786. The van der Waals surface area contributed by atoms with E-state index in [1.807, 2.05) is 30.3 Å². The molecule has 0 aliphatic heterocycles. The Labute approximate surface area is 176 Å². The average Bonchev–Trinajstić information content (AvgIpc) is 2.74. The molecule has 0 fully saturated rings. The first kappa shape index (κ1) is 21.3. The summed E-state index contributed by atoms with van der Waals surface area (Å²) >= 11 is 0.926. The minimum Gasteiger partial charge on any atom is -0.271 e. The summed E-state index contributed by atoms with van der Waals surface area (Å²) < 4.78 is 0. The van der Waals surface area contributed by atoms with Gasteiger partial charge in [0.15, 0.2) is 5.03 Å². The lowest BCUT2D eigenvalue weighted by Gasteiger charge is -2.14. The Morgan fingerprint density at radius 2 is 1.77 bits per heavy atom. The van der Waals surface area contributed by atoms with Gasteiger partial charge in [-0.15, -0.1) is 0 Å². The van der Waals surface area contributed by atoms with E-state index < -0.39 is 22.4 Å². The van der Waals surface area contributed by atoms with E-state index in [0.29, 0.717) is 11.5 Å². The molecule has 0 radical (unpaired) electrons. The van der Waals surface area contributed by atoms with Gasteiger partial charge in [-0.2, -0.15) is 10.2 Å². The van der Waals surface area contributed by atoms with Crippen LogP contribution in [0.15, 0.2) is 74.3 Å². The van der Waals surface area contributed by atoms with Gasteiger partial charge in [0, 0.05) is 0 Å². The number of thioether (sulfide) groups is 1. The fourth-order valence-electron chi connectivity index (χ4n) is 2.63. The number of nitrogens with one attached hydrogen (secondary N) is 3. The number of carbonyl (C=O) groups excluding carboxylic acids is 1. The van der Waals surface area contributed by atoms with Crippen LogP contribution in [0.25, 0.3) is 0 Å². The maximum Gasteiger partial charge on any atom is 0.342 e. The third-order valence-corrected chi connectivity index (χ3v) is 5.46. The van der Waals surface area contributed by atoms with Crippen LogP contribution in [0.4, 0.5) is 0 Å². The largest absolute Gasteiger partial charge is 0.342 e. The van der Waals surface area contributed by atoms with Crippen LogP contribution >= 0.6 is 11.8 Å². The van der Waals surface area contributed by atoms with Gasteiger partial charge < -0.3 is 0 Å². The number of benzene rings is 2. The van der Waals surface area contributed by atoms with Crippen molar-refractivity contribution in [2.24, 2.45) is 5.10 Å². The SMILES string of the molecule is CC(C)c1ccc(/C=N\NC(=O)C(Sc2n[nH]c(=O)[nH]c2=O)c2ccccc2)cc1. The zero-order valence-electron chi connectivity index (χ0n) is 16.5. The number of hydrogen-bond acceptors (Lipinski definition) is 6. The average molecular weight is 423 g/mol. The van der Waals surface area contributed by atoms with Crippen LogP contribution in [0.1, 0.15) is 41.7 Å². The molecule has 9 heteroatoms. The van der Waals surface area contributed by atoms with Crippen LogP contribution in [0.5, 0.6) is 0 Å². The van der Waals surface area contributed by atoms with E-state index >= 15 is 0 Å². The molecule has 0 aliphatic rings. The van der Waals surface area contributed by atoms with E-state index in [9.17, 15) is 14.4 Å². The summed E-state index contributed by atoms with van der Waals surface area (Å²) in [7, 11) is 0. The summed E-state index contributed by atoms with van der Waals surface area (Å²) in [4.78, 5) is 38.1. The van der Waals surface area contributed by atoms with E-state index in [1.54, 1.807) is 30.5 Å². The van der Waals surface area contributed by atoms with Gasteiger partial charge in [0.2, 0.25) is 0 Å². The number of amides is 1. The summed E-state index contributed by atoms with van der Waals surface area (Å²) in [6, 6.07) is 16.8. The second-order valence-corrected chi connectivity index (χ2v) is 7.87. The van der Waals surface area contributed by atoms with Gasteiger partial charge in [-0.05, 0) is 22.6 Å². The fraction of sp³-hybridized carbons (Fsp3) is 0.190. The quantitative estimate of drug-likeness (QED) is 0.306. The van der Waals surface area contributed by atoms with Crippen molar-refractivity contribution in [3.8, 4) is 0 Å². The van der Waals surface area contributed by atoms with Crippen molar-refractivity contribution in [1.82, 2.24) is 20.6 Å². The van der Waals surface area contributed by atoms with Gasteiger partial charge in [0.05, 0.1) is 6.21 Å². The Morgan fingerprint density at radius 3 is 2.40 bits per heavy atom. The zero-order valence-corrected chi connectivity index (χ0v) is 17.3. The summed E-state index contributed by atoms with van der Waals surface area (Å²) in [5.41, 5.74) is 3.88. The molecular weight excluding hydrogens is 402 g/mol. The van der Waals surface area contributed by atoms with Crippen molar-refractivity contribution in [2.75, 3.05) is 0 Å². The Kier molecular flexibility index (Phi) is 6.97. The summed E-state index contributed by atoms with van der Waals surface area (Å²) in [6.45, 7) is 4.24. The third-order valence-electron chi connectivity index (χ3n) is 4.24. The third kappa shape index (κ3) is 5.54. The van der Waals surface area contributed by atoms with Gasteiger partial charge in [0.25, 0.3) is 11.5 Å². The van der Waals surface area contributed by atoms with Crippen LogP contribution in [0.3, 0.4) is 0 Å². The maximum atomic E-state index is 12.8. The normalized spacial score (nSPS) is 12.2. The van der Waals surface area contributed by atoms with E-state index in [0.717, 1.165) is 17.3 Å². The maximum absolute atomic E-state index is 12.8. The lowest BCUT2D eigenvalue weighted by Crippen LogP contribution is -2.28. The summed E-state index contributed by atoms with van der Waals surface area (Å²) in [5, 5.41) is 9.14. The molecule has 0 saturated carbocycles. The molecule has 1 heterocycles.